The summed E-state index contributed by atoms with van der Waals surface area (Å²) in [7, 11) is 0. The summed E-state index contributed by atoms with van der Waals surface area (Å²) in [4.78, 5) is 11.3. The van der Waals surface area contributed by atoms with Gasteiger partial charge < -0.3 is 4.74 Å². The van der Waals surface area contributed by atoms with Crippen LogP contribution >= 0.6 is 0 Å². The molecule has 0 saturated carbocycles. The second kappa shape index (κ2) is 10.1. The topological polar surface area (TPSA) is 38.3 Å². The van der Waals surface area contributed by atoms with Crippen molar-refractivity contribution in [3.63, 3.8) is 0 Å². The van der Waals surface area contributed by atoms with Crippen LogP contribution in [0.2, 0.25) is 0 Å². The number of fused-ring (bicyclic) bond motifs is 1. The normalized spacial score (nSPS) is 15.1. The molecule has 4 nitrogen and oxygen atoms in total. The highest BCUT2D eigenvalue weighted by atomic mass is 19.1. The van der Waals surface area contributed by atoms with Crippen LogP contribution in [0.5, 0.6) is 5.88 Å². The number of hydrogen-bond acceptors (Lipinski definition) is 4. The molecule has 0 atom stereocenters. The van der Waals surface area contributed by atoms with Crippen molar-refractivity contribution in [3.05, 3.63) is 90.5 Å². The van der Waals surface area contributed by atoms with Crippen LogP contribution < -0.4 is 4.74 Å². The van der Waals surface area contributed by atoms with Gasteiger partial charge >= 0.3 is 0 Å². The minimum atomic E-state index is -0.241. The zero-order valence-corrected chi connectivity index (χ0v) is 18.7. The number of likely N-dealkylation sites (tertiary alicyclic amines) is 1. The Labute approximate surface area is 194 Å². The fraction of sp³-hybridized carbons (Fsp3) is 0.286. The first-order valence-corrected chi connectivity index (χ1v) is 11.6. The Morgan fingerprint density at radius 3 is 2.52 bits per heavy atom. The zero-order valence-electron chi connectivity index (χ0n) is 18.7. The third kappa shape index (κ3) is 5.20. The van der Waals surface area contributed by atoms with Crippen LogP contribution in [0, 0.1) is 11.7 Å². The van der Waals surface area contributed by atoms with E-state index in [9.17, 15) is 4.39 Å². The predicted octanol–water partition coefficient (Wildman–Crippen LogP) is 6.12. The van der Waals surface area contributed by atoms with Gasteiger partial charge in [0.25, 0.3) is 0 Å². The van der Waals surface area contributed by atoms with Gasteiger partial charge in [0.2, 0.25) is 5.88 Å². The maximum absolute atomic E-state index is 14.3. The van der Waals surface area contributed by atoms with Gasteiger partial charge in [0.1, 0.15) is 12.1 Å². The van der Waals surface area contributed by atoms with E-state index in [1.807, 2.05) is 24.3 Å². The molecule has 0 radical (unpaired) electrons. The van der Waals surface area contributed by atoms with E-state index in [1.54, 1.807) is 12.1 Å². The minimum Gasteiger partial charge on any atom is -0.477 e. The fourth-order valence-corrected chi connectivity index (χ4v) is 4.61. The van der Waals surface area contributed by atoms with Gasteiger partial charge in [0.15, 0.2) is 0 Å². The van der Waals surface area contributed by atoms with Crippen molar-refractivity contribution in [2.75, 3.05) is 19.7 Å². The van der Waals surface area contributed by atoms with Gasteiger partial charge in [-0.1, -0.05) is 54.6 Å². The number of rotatable bonds is 7. The first kappa shape index (κ1) is 21.5. The largest absolute Gasteiger partial charge is 0.477 e. The standard InChI is InChI=1S/C28H28FN3O/c29-26-9-5-4-8-24(26)23-10-11-27-25(18-23)28(31-20-30-27)33-17-14-21-12-15-32(16-13-21)19-22-6-2-1-3-7-22/h1-11,18,20-21H,12-17,19H2. The molecule has 0 bridgehead atoms. The van der Waals surface area contributed by atoms with Crippen molar-refractivity contribution in [2.24, 2.45) is 5.92 Å². The molecule has 33 heavy (non-hydrogen) atoms. The number of hydrogen-bond donors (Lipinski definition) is 0. The molecule has 0 N–H and O–H groups in total. The van der Waals surface area contributed by atoms with E-state index < -0.39 is 0 Å². The smallest absolute Gasteiger partial charge is 0.224 e. The van der Waals surface area contributed by atoms with E-state index in [4.69, 9.17) is 4.74 Å². The van der Waals surface area contributed by atoms with E-state index in [0.29, 0.717) is 24.0 Å². The Morgan fingerprint density at radius 1 is 0.909 bits per heavy atom. The van der Waals surface area contributed by atoms with Crippen LogP contribution in [0.3, 0.4) is 0 Å². The Balaban J connectivity index is 1.19. The number of aromatic nitrogens is 2. The SMILES string of the molecule is Fc1ccccc1-c1ccc2ncnc(OCCC3CCN(Cc4ccccc4)CC3)c2c1. The Kier molecular flexibility index (Phi) is 6.58. The molecule has 1 saturated heterocycles. The fourth-order valence-electron chi connectivity index (χ4n) is 4.61. The summed E-state index contributed by atoms with van der Waals surface area (Å²) >= 11 is 0. The molecule has 0 amide bonds. The van der Waals surface area contributed by atoms with Crippen molar-refractivity contribution in [1.82, 2.24) is 14.9 Å². The molecule has 0 unspecified atom stereocenters. The second-order valence-electron chi connectivity index (χ2n) is 8.73. The number of halogens is 1. The first-order valence-electron chi connectivity index (χ1n) is 11.6. The molecule has 2 heterocycles. The molecule has 0 spiro atoms. The van der Waals surface area contributed by atoms with Crippen LogP contribution in [-0.2, 0) is 6.54 Å². The van der Waals surface area contributed by atoms with Crippen LogP contribution in [0.1, 0.15) is 24.8 Å². The lowest BCUT2D eigenvalue weighted by molar-refractivity contribution is 0.157. The molecular weight excluding hydrogens is 413 g/mol. The van der Waals surface area contributed by atoms with Gasteiger partial charge in [-0.3, -0.25) is 4.90 Å². The van der Waals surface area contributed by atoms with Crippen molar-refractivity contribution >= 4 is 10.9 Å². The first-order chi connectivity index (χ1) is 16.3. The van der Waals surface area contributed by atoms with E-state index in [1.165, 1.54) is 30.8 Å². The van der Waals surface area contributed by atoms with Crippen LogP contribution in [-0.4, -0.2) is 34.6 Å². The molecule has 4 aromatic rings. The van der Waals surface area contributed by atoms with Gasteiger partial charge in [0.05, 0.1) is 17.5 Å². The number of ether oxygens (including phenoxy) is 1. The van der Waals surface area contributed by atoms with Gasteiger partial charge in [0, 0.05) is 12.1 Å². The summed E-state index contributed by atoms with van der Waals surface area (Å²) < 4.78 is 20.4. The summed E-state index contributed by atoms with van der Waals surface area (Å²) in [6.07, 6.45) is 4.93. The molecule has 1 aromatic heterocycles. The average Bonchev–Trinajstić information content (AvgIpc) is 2.86. The van der Waals surface area contributed by atoms with Crippen LogP contribution in [0.15, 0.2) is 79.1 Å². The summed E-state index contributed by atoms with van der Waals surface area (Å²) in [5.74, 6) is 0.994. The van der Waals surface area contributed by atoms with Gasteiger partial charge in [-0.25, -0.2) is 14.4 Å². The summed E-state index contributed by atoms with van der Waals surface area (Å²) in [5, 5.41) is 0.816. The summed E-state index contributed by atoms with van der Waals surface area (Å²) in [6.45, 7) is 3.91. The maximum Gasteiger partial charge on any atom is 0.224 e. The van der Waals surface area contributed by atoms with E-state index in [0.717, 1.165) is 42.5 Å². The quantitative estimate of drug-likeness (QED) is 0.346. The lowest BCUT2D eigenvalue weighted by Gasteiger charge is -2.32. The van der Waals surface area contributed by atoms with Crippen molar-refractivity contribution in [3.8, 4) is 17.0 Å². The lowest BCUT2D eigenvalue weighted by atomic mass is 9.93. The molecule has 3 aromatic carbocycles. The number of piperidine rings is 1. The second-order valence-corrected chi connectivity index (χ2v) is 8.73. The molecule has 5 rings (SSSR count). The monoisotopic (exact) mass is 441 g/mol. The Hall–Kier alpha value is -3.31. The summed E-state index contributed by atoms with van der Waals surface area (Å²) in [5.41, 5.74) is 3.54. The van der Waals surface area contributed by atoms with Crippen LogP contribution in [0.4, 0.5) is 4.39 Å². The third-order valence-electron chi connectivity index (χ3n) is 6.50. The molecule has 168 valence electrons. The third-order valence-corrected chi connectivity index (χ3v) is 6.50. The van der Waals surface area contributed by atoms with Gasteiger partial charge in [-0.05, 0) is 67.6 Å². The van der Waals surface area contributed by atoms with Crippen molar-refractivity contribution < 1.29 is 9.13 Å². The van der Waals surface area contributed by atoms with E-state index >= 15 is 0 Å². The van der Waals surface area contributed by atoms with Gasteiger partial charge in [-0.15, -0.1) is 0 Å². The van der Waals surface area contributed by atoms with E-state index in [-0.39, 0.29) is 5.82 Å². The zero-order chi connectivity index (χ0) is 22.5. The highest BCUT2D eigenvalue weighted by Gasteiger charge is 2.19. The Morgan fingerprint density at radius 2 is 1.70 bits per heavy atom. The summed E-state index contributed by atoms with van der Waals surface area (Å²) in [6, 6.07) is 23.2. The van der Waals surface area contributed by atoms with E-state index in [2.05, 4.69) is 45.2 Å². The number of nitrogens with zero attached hydrogens (tertiary/aromatic N) is 3. The average molecular weight is 442 g/mol. The molecule has 0 aliphatic carbocycles. The van der Waals surface area contributed by atoms with Crippen molar-refractivity contribution in [2.45, 2.75) is 25.8 Å². The Bertz CT molecular complexity index is 1210. The minimum absolute atomic E-state index is 0.241. The molecule has 1 aliphatic rings. The predicted molar refractivity (Wildman–Crippen MR) is 129 cm³/mol. The highest BCUT2D eigenvalue weighted by Crippen LogP contribution is 2.30. The van der Waals surface area contributed by atoms with Crippen molar-refractivity contribution in [1.29, 1.82) is 0 Å². The number of benzene rings is 3. The van der Waals surface area contributed by atoms with Gasteiger partial charge in [-0.2, -0.15) is 0 Å². The maximum atomic E-state index is 14.3. The lowest BCUT2D eigenvalue weighted by Crippen LogP contribution is -2.33. The highest BCUT2D eigenvalue weighted by molar-refractivity contribution is 5.88. The molecular formula is C28H28FN3O. The molecule has 1 aliphatic heterocycles. The molecule has 5 heteroatoms. The van der Waals surface area contributed by atoms with Crippen LogP contribution in [0.25, 0.3) is 22.0 Å². The molecule has 1 fully saturated rings.